The SMILES string of the molecule is Cc1ccc(NC(=O)CN2CCN(S(=O)(=O)c3ccc(F)c(F)c3)CC2)c(Br)c1. The molecule has 0 spiro atoms. The van der Waals surface area contributed by atoms with Crippen LogP contribution in [0.2, 0.25) is 0 Å². The average molecular weight is 488 g/mol. The van der Waals surface area contributed by atoms with Gasteiger partial charge in [0, 0.05) is 30.7 Å². The third-order valence-corrected chi connectivity index (χ3v) is 7.18. The van der Waals surface area contributed by atoms with Crippen LogP contribution in [0.5, 0.6) is 0 Å². The molecule has 1 saturated heterocycles. The van der Waals surface area contributed by atoms with Crippen molar-refractivity contribution >= 4 is 37.5 Å². The van der Waals surface area contributed by atoms with Crippen LogP contribution in [0.25, 0.3) is 0 Å². The zero-order chi connectivity index (χ0) is 21.2. The van der Waals surface area contributed by atoms with E-state index in [4.69, 9.17) is 0 Å². The standard InChI is InChI=1S/C19H20BrF2N3O3S/c1-13-2-5-18(15(20)10-13)23-19(26)12-24-6-8-25(9-7-24)29(27,28)14-3-4-16(21)17(22)11-14/h2-5,10-11H,6-9,12H2,1H3,(H,23,26). The summed E-state index contributed by atoms with van der Waals surface area (Å²) in [4.78, 5) is 13.9. The monoisotopic (exact) mass is 487 g/mol. The van der Waals surface area contributed by atoms with Gasteiger partial charge in [-0.15, -0.1) is 0 Å². The topological polar surface area (TPSA) is 69.7 Å². The van der Waals surface area contributed by atoms with Crippen molar-refractivity contribution < 1.29 is 22.0 Å². The number of carbonyl (C=O) groups excluding carboxylic acids is 1. The van der Waals surface area contributed by atoms with Crippen LogP contribution in [0.1, 0.15) is 5.56 Å². The molecular formula is C19H20BrF2N3O3S. The Morgan fingerprint density at radius 1 is 1.07 bits per heavy atom. The highest BCUT2D eigenvalue weighted by Gasteiger charge is 2.29. The second kappa shape index (κ2) is 8.86. The normalized spacial score (nSPS) is 16.0. The first-order valence-corrected chi connectivity index (χ1v) is 11.1. The maximum atomic E-state index is 13.4. The van der Waals surface area contributed by atoms with Crippen molar-refractivity contribution in [2.75, 3.05) is 38.0 Å². The van der Waals surface area contributed by atoms with Crippen LogP contribution >= 0.6 is 15.9 Å². The van der Waals surface area contributed by atoms with Gasteiger partial charge in [0.1, 0.15) is 0 Å². The highest BCUT2D eigenvalue weighted by atomic mass is 79.9. The van der Waals surface area contributed by atoms with Crippen molar-refractivity contribution in [3.8, 4) is 0 Å². The molecule has 0 aliphatic carbocycles. The van der Waals surface area contributed by atoms with Crippen molar-refractivity contribution in [2.24, 2.45) is 0 Å². The fourth-order valence-corrected chi connectivity index (χ4v) is 5.06. The zero-order valence-electron chi connectivity index (χ0n) is 15.7. The Balaban J connectivity index is 1.57. The van der Waals surface area contributed by atoms with Crippen molar-refractivity contribution in [1.29, 1.82) is 0 Å². The minimum atomic E-state index is -3.92. The Hall–Kier alpha value is -1.88. The van der Waals surface area contributed by atoms with E-state index < -0.39 is 21.7 Å². The van der Waals surface area contributed by atoms with Gasteiger partial charge in [-0.25, -0.2) is 17.2 Å². The molecule has 0 unspecified atom stereocenters. The Labute approximate surface area is 176 Å². The molecule has 3 rings (SSSR count). The third kappa shape index (κ3) is 5.19. The summed E-state index contributed by atoms with van der Waals surface area (Å²) in [5, 5.41) is 2.83. The van der Waals surface area contributed by atoms with Gasteiger partial charge in [0.05, 0.1) is 17.1 Å². The van der Waals surface area contributed by atoms with Crippen LogP contribution in [0, 0.1) is 18.6 Å². The summed E-state index contributed by atoms with van der Waals surface area (Å²) in [5.41, 5.74) is 1.73. The number of sulfonamides is 1. The number of rotatable bonds is 5. The molecule has 0 radical (unpaired) electrons. The fraction of sp³-hybridized carbons (Fsp3) is 0.316. The van der Waals surface area contributed by atoms with Gasteiger partial charge in [-0.05, 0) is 58.7 Å². The molecule has 1 aliphatic rings. The van der Waals surface area contributed by atoms with Gasteiger partial charge in [-0.1, -0.05) is 6.07 Å². The van der Waals surface area contributed by atoms with E-state index >= 15 is 0 Å². The lowest BCUT2D eigenvalue weighted by Crippen LogP contribution is -2.50. The summed E-state index contributed by atoms with van der Waals surface area (Å²) in [6.07, 6.45) is 0. The van der Waals surface area contributed by atoms with Crippen LogP contribution < -0.4 is 5.32 Å². The lowest BCUT2D eigenvalue weighted by molar-refractivity contribution is -0.117. The zero-order valence-corrected chi connectivity index (χ0v) is 18.1. The van der Waals surface area contributed by atoms with E-state index in [1.165, 1.54) is 4.31 Å². The molecule has 1 aliphatic heterocycles. The number of nitrogens with zero attached hydrogens (tertiary/aromatic N) is 2. The van der Waals surface area contributed by atoms with Crippen molar-refractivity contribution in [3.05, 3.63) is 58.1 Å². The Kier molecular flexibility index (Phi) is 6.67. The first-order valence-electron chi connectivity index (χ1n) is 8.90. The number of anilines is 1. The summed E-state index contributed by atoms with van der Waals surface area (Å²) >= 11 is 3.41. The number of aryl methyl sites for hydroxylation is 1. The van der Waals surface area contributed by atoms with Gasteiger partial charge in [0.15, 0.2) is 11.6 Å². The summed E-state index contributed by atoms with van der Waals surface area (Å²) in [7, 11) is -3.92. The van der Waals surface area contributed by atoms with E-state index in [0.717, 1.165) is 22.2 Å². The van der Waals surface area contributed by atoms with E-state index in [9.17, 15) is 22.0 Å². The molecule has 1 heterocycles. The van der Waals surface area contributed by atoms with E-state index in [-0.39, 0.29) is 30.4 Å². The van der Waals surface area contributed by atoms with Gasteiger partial charge in [-0.3, -0.25) is 9.69 Å². The third-order valence-electron chi connectivity index (χ3n) is 4.63. The first kappa shape index (κ1) is 21.8. The molecule has 6 nitrogen and oxygen atoms in total. The number of amides is 1. The highest BCUT2D eigenvalue weighted by Crippen LogP contribution is 2.23. The van der Waals surface area contributed by atoms with E-state index in [2.05, 4.69) is 21.2 Å². The van der Waals surface area contributed by atoms with E-state index in [0.29, 0.717) is 24.8 Å². The molecule has 1 amide bonds. The molecule has 1 fully saturated rings. The number of hydrogen-bond donors (Lipinski definition) is 1. The smallest absolute Gasteiger partial charge is 0.243 e. The second-order valence-electron chi connectivity index (χ2n) is 6.79. The molecule has 29 heavy (non-hydrogen) atoms. The van der Waals surface area contributed by atoms with Crippen LogP contribution in [0.3, 0.4) is 0 Å². The molecule has 0 atom stereocenters. The van der Waals surface area contributed by atoms with Crippen molar-refractivity contribution in [3.63, 3.8) is 0 Å². The number of carbonyl (C=O) groups is 1. The van der Waals surface area contributed by atoms with Crippen molar-refractivity contribution in [2.45, 2.75) is 11.8 Å². The van der Waals surface area contributed by atoms with Gasteiger partial charge >= 0.3 is 0 Å². The van der Waals surface area contributed by atoms with E-state index in [1.807, 2.05) is 30.0 Å². The quantitative estimate of drug-likeness (QED) is 0.703. The predicted molar refractivity (Wildman–Crippen MR) is 109 cm³/mol. The molecular weight excluding hydrogens is 468 g/mol. The Morgan fingerprint density at radius 3 is 2.38 bits per heavy atom. The maximum absolute atomic E-state index is 13.4. The molecule has 10 heteroatoms. The van der Waals surface area contributed by atoms with Crippen LogP contribution in [-0.4, -0.2) is 56.3 Å². The largest absolute Gasteiger partial charge is 0.324 e. The molecule has 156 valence electrons. The highest BCUT2D eigenvalue weighted by molar-refractivity contribution is 9.10. The summed E-state index contributed by atoms with van der Waals surface area (Å²) in [6.45, 7) is 3.09. The minimum Gasteiger partial charge on any atom is -0.324 e. The van der Waals surface area contributed by atoms with Crippen LogP contribution in [0.15, 0.2) is 45.8 Å². The van der Waals surface area contributed by atoms with Gasteiger partial charge in [-0.2, -0.15) is 4.31 Å². The van der Waals surface area contributed by atoms with Gasteiger partial charge in [0.25, 0.3) is 0 Å². The summed E-state index contributed by atoms with van der Waals surface area (Å²) in [6, 6.07) is 8.13. The number of piperazine rings is 1. The second-order valence-corrected chi connectivity index (χ2v) is 9.58. The maximum Gasteiger partial charge on any atom is 0.243 e. The number of nitrogens with one attached hydrogen (secondary N) is 1. The first-order chi connectivity index (χ1) is 13.7. The molecule has 2 aromatic carbocycles. The molecule has 1 N–H and O–H groups in total. The molecule has 0 saturated carbocycles. The lowest BCUT2D eigenvalue weighted by Gasteiger charge is -2.33. The van der Waals surface area contributed by atoms with Crippen LogP contribution in [0.4, 0.5) is 14.5 Å². The summed E-state index contributed by atoms with van der Waals surface area (Å²) in [5.74, 6) is -2.50. The minimum absolute atomic E-state index is 0.124. The summed E-state index contributed by atoms with van der Waals surface area (Å²) < 4.78 is 53.7. The Bertz CT molecular complexity index is 1030. The Morgan fingerprint density at radius 2 is 1.76 bits per heavy atom. The lowest BCUT2D eigenvalue weighted by atomic mass is 10.2. The van der Waals surface area contributed by atoms with Crippen LogP contribution in [-0.2, 0) is 14.8 Å². The van der Waals surface area contributed by atoms with Gasteiger partial charge in [0.2, 0.25) is 15.9 Å². The fourth-order valence-electron chi connectivity index (χ4n) is 3.03. The van der Waals surface area contributed by atoms with Crippen molar-refractivity contribution in [1.82, 2.24) is 9.21 Å². The number of hydrogen-bond acceptors (Lipinski definition) is 4. The number of halogens is 3. The van der Waals surface area contributed by atoms with E-state index in [1.54, 1.807) is 0 Å². The number of benzene rings is 2. The molecule has 2 aromatic rings. The molecule has 0 aromatic heterocycles. The average Bonchev–Trinajstić information content (AvgIpc) is 2.66. The molecule has 0 bridgehead atoms. The predicted octanol–water partition coefficient (Wildman–Crippen LogP) is 2.98. The van der Waals surface area contributed by atoms with Gasteiger partial charge < -0.3 is 5.32 Å².